The predicted octanol–water partition coefficient (Wildman–Crippen LogP) is 3.80. The molecule has 1 N–H and O–H groups in total. The molecule has 152 valence electrons. The average Bonchev–Trinajstić information content (AvgIpc) is 3.46. The molecule has 4 rings (SSSR count). The maximum atomic E-state index is 12.4. The summed E-state index contributed by atoms with van der Waals surface area (Å²) in [6.45, 7) is 6.15. The molecule has 1 aromatic carbocycles. The molecule has 0 aliphatic heterocycles. The third kappa shape index (κ3) is 3.77. The molecule has 0 spiro atoms. The normalized spacial score (nSPS) is 14.9. The van der Waals surface area contributed by atoms with Gasteiger partial charge in [0.2, 0.25) is 0 Å². The zero-order chi connectivity index (χ0) is 20.5. The first-order chi connectivity index (χ1) is 14.0. The van der Waals surface area contributed by atoms with Gasteiger partial charge >= 0.3 is 5.97 Å². The Bertz CT molecular complexity index is 1050. The van der Waals surface area contributed by atoms with Gasteiger partial charge < -0.3 is 9.84 Å². The second kappa shape index (κ2) is 7.95. The molecule has 0 amide bonds. The van der Waals surface area contributed by atoms with Crippen LogP contribution in [0.15, 0.2) is 30.5 Å². The first kappa shape index (κ1) is 19.6. The largest absolute Gasteiger partial charge is 0.466 e. The van der Waals surface area contributed by atoms with Crippen molar-refractivity contribution in [2.75, 3.05) is 6.61 Å². The summed E-state index contributed by atoms with van der Waals surface area (Å²) < 4.78 is 7.32. The van der Waals surface area contributed by atoms with Gasteiger partial charge in [-0.1, -0.05) is 18.2 Å². The molecule has 0 bridgehead atoms. The smallest absolute Gasteiger partial charge is 0.306 e. The van der Waals surface area contributed by atoms with Gasteiger partial charge in [-0.2, -0.15) is 0 Å². The Hall–Kier alpha value is -2.73. The van der Waals surface area contributed by atoms with E-state index in [-0.39, 0.29) is 24.9 Å². The van der Waals surface area contributed by atoms with E-state index in [4.69, 9.17) is 4.74 Å². The molecule has 1 aliphatic carbocycles. The molecule has 1 saturated carbocycles. The van der Waals surface area contributed by atoms with Crippen molar-refractivity contribution in [2.45, 2.75) is 58.5 Å². The van der Waals surface area contributed by atoms with Crippen molar-refractivity contribution >= 4 is 11.6 Å². The lowest BCUT2D eigenvalue weighted by Crippen LogP contribution is -2.14. The van der Waals surface area contributed by atoms with Gasteiger partial charge in [0.1, 0.15) is 5.82 Å². The maximum Gasteiger partial charge on any atom is 0.306 e. The third-order valence-corrected chi connectivity index (χ3v) is 5.83. The number of rotatable bonds is 7. The summed E-state index contributed by atoms with van der Waals surface area (Å²) in [5.41, 5.74) is 5.79. The minimum Gasteiger partial charge on any atom is -0.466 e. The molecule has 6 nitrogen and oxygen atoms in total. The van der Waals surface area contributed by atoms with Gasteiger partial charge in [-0.25, -0.2) is 0 Å². The van der Waals surface area contributed by atoms with Gasteiger partial charge in [-0.05, 0) is 67.5 Å². The highest BCUT2D eigenvalue weighted by Crippen LogP contribution is 2.40. The van der Waals surface area contributed by atoms with Crippen LogP contribution in [0.5, 0.6) is 0 Å². The summed E-state index contributed by atoms with van der Waals surface area (Å²) in [5.74, 6) is 1.12. The van der Waals surface area contributed by atoms with Crippen LogP contribution in [0.25, 0.3) is 5.65 Å². The van der Waals surface area contributed by atoms with Crippen LogP contribution in [0, 0.1) is 13.8 Å². The lowest BCUT2D eigenvalue weighted by atomic mass is 9.85. The van der Waals surface area contributed by atoms with Crippen LogP contribution >= 0.6 is 0 Å². The zero-order valence-corrected chi connectivity index (χ0v) is 17.2. The summed E-state index contributed by atoms with van der Waals surface area (Å²) in [7, 11) is 0. The van der Waals surface area contributed by atoms with E-state index in [0.717, 1.165) is 39.3 Å². The monoisotopic (exact) mass is 393 g/mol. The third-order valence-electron chi connectivity index (χ3n) is 5.83. The topological polar surface area (TPSA) is 76.7 Å². The van der Waals surface area contributed by atoms with E-state index in [0.29, 0.717) is 12.5 Å². The highest BCUT2D eigenvalue weighted by molar-refractivity contribution is 5.72. The number of aromatic nitrogens is 3. The fraction of sp³-hybridized carbons (Fsp3) is 0.435. The first-order valence-corrected chi connectivity index (χ1v) is 10.2. The fourth-order valence-electron chi connectivity index (χ4n) is 3.98. The summed E-state index contributed by atoms with van der Waals surface area (Å²) in [6.07, 6.45) is 4.59. The molecule has 6 heteroatoms. The SMILES string of the molecule is CCOC(=O)CC(c1ccc(C)c(CO)c1)c1ccn2c(C3CC3)nnc2c1C. The Morgan fingerprint density at radius 1 is 1.28 bits per heavy atom. The lowest BCUT2D eigenvalue weighted by molar-refractivity contribution is -0.143. The number of hydrogen-bond donors (Lipinski definition) is 1. The van der Waals surface area contributed by atoms with E-state index in [1.54, 1.807) is 0 Å². The number of aliphatic hydroxyl groups excluding tert-OH is 1. The Morgan fingerprint density at radius 3 is 2.76 bits per heavy atom. The number of pyridine rings is 1. The number of fused-ring (bicyclic) bond motifs is 1. The Kier molecular flexibility index (Phi) is 5.37. The fourth-order valence-corrected chi connectivity index (χ4v) is 3.98. The highest BCUT2D eigenvalue weighted by atomic mass is 16.5. The molecule has 29 heavy (non-hydrogen) atoms. The maximum absolute atomic E-state index is 12.4. The second-order valence-electron chi connectivity index (χ2n) is 7.83. The summed E-state index contributed by atoms with van der Waals surface area (Å²) >= 11 is 0. The molecule has 2 aromatic heterocycles. The van der Waals surface area contributed by atoms with Crippen molar-refractivity contribution in [1.29, 1.82) is 0 Å². The second-order valence-corrected chi connectivity index (χ2v) is 7.83. The molecular weight excluding hydrogens is 366 g/mol. The van der Waals surface area contributed by atoms with E-state index in [1.165, 1.54) is 12.8 Å². The summed E-state index contributed by atoms with van der Waals surface area (Å²) in [5, 5.41) is 18.5. The standard InChI is InChI=1S/C23H27N3O3/c1-4-29-21(28)12-20(17-6-5-14(2)18(11-17)13-27)19-9-10-26-22(15(19)3)24-25-23(26)16-7-8-16/h5-6,9-11,16,20,27H,4,7-8,12-13H2,1-3H3. The number of ether oxygens (including phenoxy) is 1. The molecule has 0 radical (unpaired) electrons. The molecule has 1 fully saturated rings. The summed E-state index contributed by atoms with van der Waals surface area (Å²) in [6, 6.07) is 8.08. The molecule has 3 aromatic rings. The van der Waals surface area contributed by atoms with Crippen LogP contribution in [-0.2, 0) is 16.1 Å². The van der Waals surface area contributed by atoms with E-state index in [9.17, 15) is 9.90 Å². The molecule has 2 heterocycles. The predicted molar refractivity (Wildman–Crippen MR) is 110 cm³/mol. The van der Waals surface area contributed by atoms with Gasteiger partial charge in [-0.15, -0.1) is 10.2 Å². The molecule has 1 unspecified atom stereocenters. The first-order valence-electron chi connectivity index (χ1n) is 10.2. The minimum atomic E-state index is -0.233. The van der Waals surface area contributed by atoms with Crippen LogP contribution < -0.4 is 0 Å². The molecule has 1 aliphatic rings. The number of carbonyl (C=O) groups excluding carboxylic acids is 1. The van der Waals surface area contributed by atoms with Gasteiger partial charge in [-0.3, -0.25) is 9.20 Å². The quantitative estimate of drug-likeness (QED) is 0.618. The Labute approximate surface area is 170 Å². The minimum absolute atomic E-state index is 0.0290. The van der Waals surface area contributed by atoms with Gasteiger partial charge in [0, 0.05) is 18.0 Å². The van der Waals surface area contributed by atoms with Gasteiger partial charge in [0.25, 0.3) is 0 Å². The number of aryl methyl sites for hydroxylation is 2. The van der Waals surface area contributed by atoms with Crippen molar-refractivity contribution in [3.63, 3.8) is 0 Å². The average molecular weight is 393 g/mol. The molecule has 1 atom stereocenters. The van der Waals surface area contributed by atoms with Gasteiger partial charge in [0.15, 0.2) is 5.65 Å². The van der Waals surface area contributed by atoms with E-state index >= 15 is 0 Å². The van der Waals surface area contributed by atoms with Crippen molar-refractivity contribution < 1.29 is 14.6 Å². The highest BCUT2D eigenvalue weighted by Gasteiger charge is 2.30. The lowest BCUT2D eigenvalue weighted by Gasteiger charge is -2.21. The molecule has 0 saturated heterocycles. The Morgan fingerprint density at radius 2 is 2.07 bits per heavy atom. The van der Waals surface area contributed by atoms with Crippen molar-refractivity contribution in [3.8, 4) is 0 Å². The van der Waals surface area contributed by atoms with Crippen molar-refractivity contribution in [1.82, 2.24) is 14.6 Å². The number of aliphatic hydroxyl groups is 1. The summed E-state index contributed by atoms with van der Waals surface area (Å²) in [4.78, 5) is 12.4. The Balaban J connectivity index is 1.80. The number of nitrogens with zero attached hydrogens (tertiary/aromatic N) is 3. The zero-order valence-electron chi connectivity index (χ0n) is 17.2. The molecular formula is C23H27N3O3. The van der Waals surface area contributed by atoms with Crippen LogP contribution in [-0.4, -0.2) is 32.3 Å². The van der Waals surface area contributed by atoms with Crippen LogP contribution in [0.2, 0.25) is 0 Å². The van der Waals surface area contributed by atoms with Crippen LogP contribution in [0.4, 0.5) is 0 Å². The number of esters is 1. The van der Waals surface area contributed by atoms with E-state index in [2.05, 4.69) is 20.7 Å². The van der Waals surface area contributed by atoms with Crippen molar-refractivity contribution in [2.24, 2.45) is 0 Å². The van der Waals surface area contributed by atoms with Gasteiger partial charge in [0.05, 0.1) is 19.6 Å². The number of benzene rings is 1. The van der Waals surface area contributed by atoms with E-state index in [1.807, 2.05) is 45.2 Å². The van der Waals surface area contributed by atoms with Crippen molar-refractivity contribution in [3.05, 3.63) is 64.1 Å². The van der Waals surface area contributed by atoms with Crippen LogP contribution in [0.3, 0.4) is 0 Å². The number of carbonyl (C=O) groups is 1. The number of hydrogen-bond acceptors (Lipinski definition) is 5. The van der Waals surface area contributed by atoms with Crippen LogP contribution in [0.1, 0.15) is 71.7 Å². The van der Waals surface area contributed by atoms with E-state index < -0.39 is 0 Å².